The highest BCUT2D eigenvalue weighted by molar-refractivity contribution is 6.52. The van der Waals surface area contributed by atoms with Crippen molar-refractivity contribution in [1.82, 2.24) is 5.32 Å². The first-order valence-electron chi connectivity index (χ1n) is 7.89. The largest absolute Gasteiger partial charge is 0.372 e. The second-order valence-corrected chi connectivity index (χ2v) is 7.57. The average molecular weight is 364 g/mol. The Morgan fingerprint density at radius 2 is 1.54 bits per heavy atom. The van der Waals surface area contributed by atoms with E-state index < -0.39 is 4.33 Å². The van der Waals surface area contributed by atoms with E-state index >= 15 is 0 Å². The molecule has 1 amide bonds. The number of benzene rings is 2. The molecule has 0 heterocycles. The van der Waals surface area contributed by atoms with Gasteiger partial charge in [0.05, 0.1) is 19.1 Å². The van der Waals surface area contributed by atoms with Crippen molar-refractivity contribution in [1.29, 1.82) is 0 Å². The molecule has 3 nitrogen and oxygen atoms in total. The summed E-state index contributed by atoms with van der Waals surface area (Å²) in [7, 11) is 0. The molecule has 2 aromatic carbocycles. The number of rotatable bonds is 7. The Hall–Kier alpha value is -1.55. The van der Waals surface area contributed by atoms with Crippen LogP contribution in [0.3, 0.4) is 0 Å². The SMILES string of the molecule is O=C(NCc1ccc(COCc2ccccc2)cc1)C1CC1(Cl)Cl. The van der Waals surface area contributed by atoms with Crippen molar-refractivity contribution in [2.45, 2.75) is 30.5 Å². The predicted octanol–water partition coefficient (Wildman–Crippen LogP) is 4.21. The Labute approximate surface area is 151 Å². The molecule has 3 rings (SSSR count). The maximum atomic E-state index is 11.8. The van der Waals surface area contributed by atoms with E-state index in [1.54, 1.807) is 0 Å². The molecule has 1 unspecified atom stereocenters. The van der Waals surface area contributed by atoms with Gasteiger partial charge in [-0.25, -0.2) is 0 Å². The zero-order valence-corrected chi connectivity index (χ0v) is 14.7. The fourth-order valence-electron chi connectivity index (χ4n) is 2.42. The molecule has 0 bridgehead atoms. The maximum Gasteiger partial charge on any atom is 0.226 e. The van der Waals surface area contributed by atoms with E-state index in [2.05, 4.69) is 5.32 Å². The van der Waals surface area contributed by atoms with Crippen molar-refractivity contribution in [2.75, 3.05) is 0 Å². The van der Waals surface area contributed by atoms with Crippen molar-refractivity contribution in [3.63, 3.8) is 0 Å². The Bertz CT molecular complexity index is 686. The van der Waals surface area contributed by atoms with Crippen LogP contribution in [0.25, 0.3) is 0 Å². The van der Waals surface area contributed by atoms with Crippen molar-refractivity contribution >= 4 is 29.1 Å². The third-order valence-electron chi connectivity index (χ3n) is 4.01. The molecule has 0 spiro atoms. The van der Waals surface area contributed by atoms with E-state index in [0.29, 0.717) is 26.2 Å². The molecule has 126 valence electrons. The number of amides is 1. The van der Waals surface area contributed by atoms with Crippen LogP contribution in [0.2, 0.25) is 0 Å². The van der Waals surface area contributed by atoms with Gasteiger partial charge in [0.1, 0.15) is 4.33 Å². The molecule has 0 radical (unpaired) electrons. The van der Waals surface area contributed by atoms with Crippen LogP contribution in [0, 0.1) is 5.92 Å². The van der Waals surface area contributed by atoms with Gasteiger partial charge in [0, 0.05) is 6.54 Å². The van der Waals surface area contributed by atoms with E-state index in [1.807, 2.05) is 54.6 Å². The molecule has 24 heavy (non-hydrogen) atoms. The predicted molar refractivity (Wildman–Crippen MR) is 95.8 cm³/mol. The number of ether oxygens (including phenoxy) is 1. The summed E-state index contributed by atoms with van der Waals surface area (Å²) >= 11 is 11.8. The smallest absolute Gasteiger partial charge is 0.226 e. The molecular weight excluding hydrogens is 345 g/mol. The first-order chi connectivity index (χ1) is 11.5. The first-order valence-corrected chi connectivity index (χ1v) is 8.65. The lowest BCUT2D eigenvalue weighted by molar-refractivity contribution is -0.122. The molecule has 1 saturated carbocycles. The first kappa shape index (κ1) is 17.3. The highest BCUT2D eigenvalue weighted by atomic mass is 35.5. The van der Waals surface area contributed by atoms with E-state index in [9.17, 15) is 4.79 Å². The molecule has 5 heteroatoms. The summed E-state index contributed by atoms with van der Waals surface area (Å²) in [6.07, 6.45) is 0.527. The topological polar surface area (TPSA) is 38.3 Å². The Kier molecular flexibility index (Phi) is 5.44. The number of carbonyl (C=O) groups is 1. The minimum atomic E-state index is -0.871. The molecular formula is C19H19Cl2NO2. The fourth-order valence-corrected chi connectivity index (χ4v) is 2.93. The standard InChI is InChI=1S/C19H19Cl2NO2/c20-19(21)10-17(19)18(23)22-11-14-6-8-16(9-7-14)13-24-12-15-4-2-1-3-5-15/h1-9,17H,10-13H2,(H,22,23). The number of carbonyl (C=O) groups excluding carboxylic acids is 1. The van der Waals surface area contributed by atoms with Gasteiger partial charge in [0.15, 0.2) is 0 Å². The quantitative estimate of drug-likeness (QED) is 0.748. The summed E-state index contributed by atoms with van der Waals surface area (Å²) in [4.78, 5) is 11.8. The maximum absolute atomic E-state index is 11.8. The van der Waals surface area contributed by atoms with E-state index in [0.717, 1.165) is 16.7 Å². The minimum absolute atomic E-state index is 0.0877. The summed E-state index contributed by atoms with van der Waals surface area (Å²) in [5.74, 6) is -0.373. The van der Waals surface area contributed by atoms with Crippen molar-refractivity contribution in [3.8, 4) is 0 Å². The molecule has 1 fully saturated rings. The highest BCUT2D eigenvalue weighted by Crippen LogP contribution is 2.53. The highest BCUT2D eigenvalue weighted by Gasteiger charge is 2.56. The summed E-state index contributed by atoms with van der Waals surface area (Å²) in [5, 5.41) is 2.86. The van der Waals surface area contributed by atoms with Gasteiger partial charge in [0.2, 0.25) is 5.91 Å². The summed E-state index contributed by atoms with van der Waals surface area (Å²) < 4.78 is 4.84. The van der Waals surface area contributed by atoms with Gasteiger partial charge in [-0.2, -0.15) is 0 Å². The molecule has 2 aromatic rings. The van der Waals surface area contributed by atoms with Crippen LogP contribution in [0.15, 0.2) is 54.6 Å². The second kappa shape index (κ2) is 7.56. The lowest BCUT2D eigenvalue weighted by Crippen LogP contribution is -2.26. The third-order valence-corrected chi connectivity index (χ3v) is 4.85. The van der Waals surface area contributed by atoms with E-state index in [4.69, 9.17) is 27.9 Å². The molecule has 1 aliphatic rings. The lowest BCUT2D eigenvalue weighted by Gasteiger charge is -2.08. The summed E-state index contributed by atoms with van der Waals surface area (Å²) in [6, 6.07) is 18.1. The van der Waals surface area contributed by atoms with E-state index in [1.165, 1.54) is 0 Å². The number of nitrogens with one attached hydrogen (secondary N) is 1. The summed E-state index contributed by atoms with van der Waals surface area (Å²) in [5.41, 5.74) is 3.29. The van der Waals surface area contributed by atoms with Crippen LogP contribution in [-0.2, 0) is 29.3 Å². The van der Waals surface area contributed by atoms with Gasteiger partial charge in [-0.3, -0.25) is 4.79 Å². The van der Waals surface area contributed by atoms with Gasteiger partial charge in [-0.1, -0.05) is 54.6 Å². The Morgan fingerprint density at radius 1 is 1.00 bits per heavy atom. The normalized spacial score (nSPS) is 18.2. The third kappa shape index (κ3) is 4.73. The molecule has 1 aliphatic carbocycles. The van der Waals surface area contributed by atoms with Crippen molar-refractivity contribution in [2.24, 2.45) is 5.92 Å². The molecule has 0 aromatic heterocycles. The number of hydrogen-bond donors (Lipinski definition) is 1. The Morgan fingerprint density at radius 3 is 2.12 bits per heavy atom. The molecule has 1 N–H and O–H groups in total. The zero-order chi connectivity index (χ0) is 17.0. The minimum Gasteiger partial charge on any atom is -0.372 e. The number of hydrogen-bond acceptors (Lipinski definition) is 2. The molecule has 0 aliphatic heterocycles. The average Bonchev–Trinajstić information content (AvgIpc) is 3.23. The monoisotopic (exact) mass is 363 g/mol. The van der Waals surface area contributed by atoms with Crippen molar-refractivity contribution < 1.29 is 9.53 Å². The number of halogens is 2. The van der Waals surface area contributed by atoms with Gasteiger partial charge in [-0.05, 0) is 23.1 Å². The lowest BCUT2D eigenvalue weighted by atomic mass is 10.1. The zero-order valence-electron chi connectivity index (χ0n) is 13.2. The Balaban J connectivity index is 1.41. The second-order valence-electron chi connectivity index (χ2n) is 6.03. The van der Waals surface area contributed by atoms with Crippen molar-refractivity contribution in [3.05, 3.63) is 71.3 Å². The van der Waals surface area contributed by atoms with Gasteiger partial charge >= 0.3 is 0 Å². The van der Waals surface area contributed by atoms with Crippen LogP contribution >= 0.6 is 23.2 Å². The van der Waals surface area contributed by atoms with Crippen LogP contribution in [0.4, 0.5) is 0 Å². The van der Waals surface area contributed by atoms with E-state index in [-0.39, 0.29) is 11.8 Å². The van der Waals surface area contributed by atoms with Gasteiger partial charge < -0.3 is 10.1 Å². The summed E-state index contributed by atoms with van der Waals surface area (Å²) in [6.45, 7) is 1.63. The van der Waals surface area contributed by atoms with Gasteiger partial charge in [-0.15, -0.1) is 23.2 Å². The van der Waals surface area contributed by atoms with Crippen LogP contribution in [0.5, 0.6) is 0 Å². The van der Waals surface area contributed by atoms with Gasteiger partial charge in [0.25, 0.3) is 0 Å². The fraction of sp³-hybridized carbons (Fsp3) is 0.316. The molecule has 0 saturated heterocycles. The van der Waals surface area contributed by atoms with Crippen LogP contribution < -0.4 is 5.32 Å². The van der Waals surface area contributed by atoms with Crippen LogP contribution in [0.1, 0.15) is 23.1 Å². The molecule has 1 atom stereocenters. The number of alkyl halides is 2. The van der Waals surface area contributed by atoms with Crippen LogP contribution in [-0.4, -0.2) is 10.2 Å².